The molecule has 8 heteroatoms. The lowest BCUT2D eigenvalue weighted by Gasteiger charge is -2.04. The van der Waals surface area contributed by atoms with E-state index >= 15 is 0 Å². The molecule has 0 fully saturated rings. The number of para-hydroxylation sites is 1. The number of aromatic nitrogens is 1. The predicted octanol–water partition coefficient (Wildman–Crippen LogP) is 3.88. The summed E-state index contributed by atoms with van der Waals surface area (Å²) in [6.45, 7) is 0. The summed E-state index contributed by atoms with van der Waals surface area (Å²) in [5, 5.41) is 3.40. The number of hydrogen-bond acceptors (Lipinski definition) is 4. The number of nitrogens with one attached hydrogen (secondary N) is 2. The van der Waals surface area contributed by atoms with Gasteiger partial charge in [0.05, 0.1) is 20.7 Å². The molecule has 124 valence electrons. The van der Waals surface area contributed by atoms with E-state index in [1.807, 2.05) is 6.07 Å². The Labute approximate surface area is 150 Å². The Bertz CT molecular complexity index is 1110. The standard InChI is InChI=1S/C17H9Cl2N3O3/c18-8-6-10(19)12-11(7-8)21-13-14(15(12)23)22(25)17(16(13)24)20-9-4-2-1-3-5-9/h1-7,17,20H/p+1. The number of ketones is 1. The van der Waals surface area contributed by atoms with Gasteiger partial charge in [-0.3, -0.25) is 9.59 Å². The fourth-order valence-electron chi connectivity index (χ4n) is 2.91. The second kappa shape index (κ2) is 5.68. The van der Waals surface area contributed by atoms with Gasteiger partial charge in [-0.25, -0.2) is 0 Å². The zero-order valence-corrected chi connectivity index (χ0v) is 14.1. The van der Waals surface area contributed by atoms with Crippen LogP contribution in [-0.4, -0.2) is 21.7 Å². The lowest BCUT2D eigenvalue weighted by molar-refractivity contribution is -0.475. The minimum atomic E-state index is -1.23. The third-order valence-electron chi connectivity index (χ3n) is 4.02. The van der Waals surface area contributed by atoms with E-state index in [0.29, 0.717) is 21.0 Å². The molecular formula is C17H10Cl2N3O3+. The Morgan fingerprint density at radius 3 is 2.52 bits per heavy atom. The van der Waals surface area contributed by atoms with Crippen molar-refractivity contribution in [1.82, 2.24) is 4.98 Å². The molecule has 25 heavy (non-hydrogen) atoms. The smallest absolute Gasteiger partial charge is 0.346 e. The molecule has 0 saturated heterocycles. The number of carbonyl (C=O) groups excluding carboxylic acids is 1. The van der Waals surface area contributed by atoms with E-state index < -0.39 is 17.4 Å². The lowest BCUT2D eigenvalue weighted by Crippen LogP contribution is -2.32. The van der Waals surface area contributed by atoms with Gasteiger partial charge in [-0.2, -0.15) is 0 Å². The molecule has 1 unspecified atom stereocenters. The van der Waals surface area contributed by atoms with Gasteiger partial charge in [-0.15, -0.1) is 0 Å². The van der Waals surface area contributed by atoms with Gasteiger partial charge < -0.3 is 10.3 Å². The SMILES string of the molecule is O=C1c2[nH]c3cc(Cl)cc(Cl)c3c(=O)c2[N+](=O)C1Nc1ccccc1. The summed E-state index contributed by atoms with van der Waals surface area (Å²) in [6.07, 6.45) is -1.23. The van der Waals surface area contributed by atoms with Crippen LogP contribution in [0.25, 0.3) is 10.9 Å². The van der Waals surface area contributed by atoms with Crippen LogP contribution in [0, 0.1) is 4.91 Å². The minimum Gasteiger partial charge on any atom is -0.346 e. The zero-order valence-electron chi connectivity index (χ0n) is 12.5. The lowest BCUT2D eigenvalue weighted by atomic mass is 10.1. The van der Waals surface area contributed by atoms with Crippen molar-refractivity contribution < 1.29 is 9.55 Å². The Balaban J connectivity index is 1.88. The summed E-state index contributed by atoms with van der Waals surface area (Å²) < 4.78 is 0.383. The maximum atomic E-state index is 12.7. The molecule has 0 aliphatic carbocycles. The van der Waals surface area contributed by atoms with Crippen LogP contribution in [0.4, 0.5) is 11.4 Å². The summed E-state index contributed by atoms with van der Waals surface area (Å²) in [6, 6.07) is 11.7. The van der Waals surface area contributed by atoms with Crippen LogP contribution in [-0.2, 0) is 0 Å². The van der Waals surface area contributed by atoms with Gasteiger partial charge in [-0.05, 0) is 24.3 Å². The van der Waals surface area contributed by atoms with Crippen LogP contribution in [0.2, 0.25) is 10.0 Å². The Morgan fingerprint density at radius 2 is 1.80 bits per heavy atom. The highest BCUT2D eigenvalue weighted by molar-refractivity contribution is 6.38. The number of hydrogen-bond donors (Lipinski definition) is 2. The molecule has 0 amide bonds. The highest BCUT2D eigenvalue weighted by Crippen LogP contribution is 2.32. The molecule has 3 aromatic rings. The molecule has 0 bridgehead atoms. The summed E-state index contributed by atoms with van der Waals surface area (Å²) >= 11 is 12.0. The van der Waals surface area contributed by atoms with Crippen molar-refractivity contribution >= 4 is 51.3 Å². The third-order valence-corrected chi connectivity index (χ3v) is 4.54. The van der Waals surface area contributed by atoms with Crippen molar-refractivity contribution in [3.8, 4) is 0 Å². The van der Waals surface area contributed by atoms with Crippen LogP contribution in [0.1, 0.15) is 10.5 Å². The maximum absolute atomic E-state index is 12.7. The number of carbonyl (C=O) groups is 1. The predicted molar refractivity (Wildman–Crippen MR) is 96.1 cm³/mol. The second-order valence-electron chi connectivity index (χ2n) is 5.59. The number of nitrogens with zero attached hydrogens (tertiary/aromatic N) is 1. The highest BCUT2D eigenvalue weighted by atomic mass is 35.5. The number of Topliss-reactive ketones (excluding diaryl/α,β-unsaturated/α-hetero) is 1. The first-order valence-corrected chi connectivity index (χ1v) is 8.10. The van der Waals surface area contributed by atoms with Gasteiger partial charge in [0.1, 0.15) is 0 Å². The third kappa shape index (κ3) is 2.42. The first-order chi connectivity index (χ1) is 12.0. The molecule has 1 aliphatic heterocycles. The molecule has 2 heterocycles. The van der Waals surface area contributed by atoms with E-state index in [1.54, 1.807) is 24.3 Å². The van der Waals surface area contributed by atoms with Crippen molar-refractivity contribution in [2.24, 2.45) is 0 Å². The number of anilines is 1. The second-order valence-corrected chi connectivity index (χ2v) is 6.43. The molecule has 2 N–H and O–H groups in total. The number of fused-ring (bicyclic) bond motifs is 2. The number of pyridine rings is 1. The zero-order chi connectivity index (χ0) is 17.7. The highest BCUT2D eigenvalue weighted by Gasteiger charge is 2.50. The van der Waals surface area contributed by atoms with Crippen LogP contribution < -0.4 is 10.7 Å². The van der Waals surface area contributed by atoms with Crippen LogP contribution >= 0.6 is 23.2 Å². The monoisotopic (exact) mass is 374 g/mol. The van der Waals surface area contributed by atoms with E-state index in [-0.39, 0.29) is 21.8 Å². The fourth-order valence-corrected chi connectivity index (χ4v) is 3.49. The van der Waals surface area contributed by atoms with Gasteiger partial charge in [-0.1, -0.05) is 41.4 Å². The molecule has 0 radical (unpaired) electrons. The molecule has 6 nitrogen and oxygen atoms in total. The molecule has 2 aromatic carbocycles. The number of rotatable bonds is 2. The summed E-state index contributed by atoms with van der Waals surface area (Å²) in [4.78, 5) is 40.8. The van der Waals surface area contributed by atoms with E-state index in [9.17, 15) is 14.5 Å². The van der Waals surface area contributed by atoms with Crippen molar-refractivity contribution in [2.45, 2.75) is 6.17 Å². The van der Waals surface area contributed by atoms with Crippen molar-refractivity contribution in [1.29, 1.82) is 0 Å². The number of halogens is 2. The van der Waals surface area contributed by atoms with Gasteiger partial charge in [0, 0.05) is 15.6 Å². The molecule has 1 aromatic heterocycles. The molecule has 0 spiro atoms. The first kappa shape index (κ1) is 15.8. The van der Waals surface area contributed by atoms with Gasteiger partial charge in [0.25, 0.3) is 11.2 Å². The number of aromatic amines is 1. The Kier molecular flexibility index (Phi) is 3.59. The molecular weight excluding hydrogens is 365 g/mol. The molecule has 1 aliphatic rings. The van der Waals surface area contributed by atoms with Crippen LogP contribution in [0.15, 0.2) is 47.3 Å². The van der Waals surface area contributed by atoms with E-state index in [4.69, 9.17) is 23.2 Å². The molecule has 4 rings (SSSR count). The van der Waals surface area contributed by atoms with Crippen molar-refractivity contribution in [2.75, 3.05) is 5.32 Å². The van der Waals surface area contributed by atoms with Crippen LogP contribution in [0.3, 0.4) is 0 Å². The van der Waals surface area contributed by atoms with E-state index in [1.165, 1.54) is 12.1 Å². The molecule has 0 saturated carbocycles. The maximum Gasteiger partial charge on any atom is 0.346 e. The normalized spacial score (nSPS) is 16.3. The summed E-state index contributed by atoms with van der Waals surface area (Å²) in [5.74, 6) is -0.524. The first-order valence-electron chi connectivity index (χ1n) is 7.34. The average Bonchev–Trinajstić information content (AvgIpc) is 2.80. The number of benzene rings is 2. The number of H-pyrrole nitrogens is 1. The van der Waals surface area contributed by atoms with Crippen molar-refractivity contribution in [3.05, 3.63) is 73.3 Å². The average molecular weight is 375 g/mol. The van der Waals surface area contributed by atoms with Gasteiger partial charge in [0.15, 0.2) is 5.69 Å². The largest absolute Gasteiger partial charge is 0.346 e. The fraction of sp³-hybridized carbons (Fsp3) is 0.0588. The van der Waals surface area contributed by atoms with Crippen molar-refractivity contribution in [3.63, 3.8) is 0 Å². The minimum absolute atomic E-state index is 0.0562. The molecule has 1 atom stereocenters. The summed E-state index contributed by atoms with van der Waals surface area (Å²) in [7, 11) is 0. The topological polar surface area (TPSA) is 82.0 Å². The van der Waals surface area contributed by atoms with Gasteiger partial charge >= 0.3 is 11.9 Å². The number of nitroso groups, excluding NO2 is 1. The Hall–Kier alpha value is -2.70. The van der Waals surface area contributed by atoms with Crippen LogP contribution in [0.5, 0.6) is 0 Å². The van der Waals surface area contributed by atoms with Gasteiger partial charge in [0.2, 0.25) is 0 Å². The Morgan fingerprint density at radius 1 is 1.08 bits per heavy atom. The van der Waals surface area contributed by atoms with E-state index in [2.05, 4.69) is 10.3 Å². The quantitative estimate of drug-likeness (QED) is 0.666. The summed E-state index contributed by atoms with van der Waals surface area (Å²) in [5.41, 5.74) is -0.0171. The van der Waals surface area contributed by atoms with E-state index in [0.717, 1.165) is 0 Å².